The fourth-order valence-corrected chi connectivity index (χ4v) is 4.19. The minimum atomic E-state index is -0.477. The van der Waals surface area contributed by atoms with Gasteiger partial charge >= 0.3 is 0 Å². The molecule has 1 aromatic heterocycles. The third kappa shape index (κ3) is 4.41. The highest BCUT2D eigenvalue weighted by atomic mass is 127. The molecule has 0 radical (unpaired) electrons. The van der Waals surface area contributed by atoms with Crippen LogP contribution >= 0.6 is 46.0 Å². The van der Waals surface area contributed by atoms with Crippen LogP contribution in [0.2, 0.25) is 5.02 Å². The molecule has 2 aromatic carbocycles. The molecule has 8 heteroatoms. The Kier molecular flexibility index (Phi) is 5.80. The van der Waals surface area contributed by atoms with Gasteiger partial charge in [0, 0.05) is 20.2 Å². The number of rotatable bonds is 4. The average molecular weight is 540 g/mol. The van der Waals surface area contributed by atoms with E-state index in [0.717, 1.165) is 31.9 Å². The number of benzene rings is 2. The number of hydrogen-bond acceptors (Lipinski definition) is 4. The van der Waals surface area contributed by atoms with E-state index in [-0.39, 0.29) is 16.5 Å². The number of furan rings is 1. The van der Waals surface area contributed by atoms with Crippen LogP contribution in [0.1, 0.15) is 11.3 Å². The molecule has 2 heterocycles. The van der Waals surface area contributed by atoms with Crippen molar-refractivity contribution in [1.82, 2.24) is 4.90 Å². The number of halogens is 3. The Bertz CT molecular complexity index is 1140. The van der Waals surface area contributed by atoms with E-state index in [2.05, 4.69) is 22.6 Å². The summed E-state index contributed by atoms with van der Waals surface area (Å²) < 4.78 is 20.1. The van der Waals surface area contributed by atoms with Gasteiger partial charge in [-0.2, -0.15) is 0 Å². The van der Waals surface area contributed by atoms with Gasteiger partial charge < -0.3 is 4.42 Å². The molecule has 29 heavy (non-hydrogen) atoms. The van der Waals surface area contributed by atoms with E-state index < -0.39 is 17.0 Å². The molecule has 0 aliphatic carbocycles. The van der Waals surface area contributed by atoms with Crippen LogP contribution in [0.15, 0.2) is 63.9 Å². The Morgan fingerprint density at radius 2 is 1.86 bits per heavy atom. The van der Waals surface area contributed by atoms with Crippen LogP contribution in [0.4, 0.5) is 9.18 Å². The van der Waals surface area contributed by atoms with Crippen LogP contribution in [0.25, 0.3) is 17.4 Å². The molecule has 0 N–H and O–H groups in total. The minimum Gasteiger partial charge on any atom is -0.457 e. The van der Waals surface area contributed by atoms with Gasteiger partial charge in [-0.15, -0.1) is 0 Å². The van der Waals surface area contributed by atoms with Gasteiger partial charge in [-0.3, -0.25) is 14.5 Å². The van der Waals surface area contributed by atoms with Gasteiger partial charge in [0.05, 0.1) is 11.4 Å². The Morgan fingerprint density at radius 3 is 2.59 bits per heavy atom. The maximum Gasteiger partial charge on any atom is 0.293 e. The van der Waals surface area contributed by atoms with Crippen LogP contribution in [0.5, 0.6) is 0 Å². The van der Waals surface area contributed by atoms with E-state index >= 15 is 0 Å². The van der Waals surface area contributed by atoms with Gasteiger partial charge in [-0.25, -0.2) is 4.39 Å². The molecule has 1 saturated heterocycles. The fourth-order valence-electron chi connectivity index (χ4n) is 2.79. The second-order valence-corrected chi connectivity index (χ2v) is 8.86. The minimum absolute atomic E-state index is 0.0207. The standard InChI is InChI=1S/C21H12ClFINO3S/c22-17-9-14(23)4-1-13(17)11-25-20(26)19(29-21(25)27)10-16-7-8-18(28-16)12-2-5-15(24)6-3-12/h1-10H,11H2/b19-10-. The summed E-state index contributed by atoms with van der Waals surface area (Å²) in [5, 5.41) is -0.243. The summed E-state index contributed by atoms with van der Waals surface area (Å²) in [6.45, 7) is -0.0207. The maximum atomic E-state index is 13.2. The van der Waals surface area contributed by atoms with Gasteiger partial charge in [0.15, 0.2) is 0 Å². The van der Waals surface area contributed by atoms with Crippen molar-refractivity contribution >= 4 is 63.2 Å². The monoisotopic (exact) mass is 539 g/mol. The van der Waals surface area contributed by atoms with E-state index in [1.807, 2.05) is 30.3 Å². The molecule has 3 aromatic rings. The Morgan fingerprint density at radius 1 is 1.10 bits per heavy atom. The largest absolute Gasteiger partial charge is 0.457 e. The molecule has 1 fully saturated rings. The zero-order valence-corrected chi connectivity index (χ0v) is 18.4. The van der Waals surface area contributed by atoms with Crippen molar-refractivity contribution in [2.45, 2.75) is 6.54 Å². The fraction of sp³-hybridized carbons (Fsp3) is 0.0476. The predicted molar refractivity (Wildman–Crippen MR) is 120 cm³/mol. The molecule has 1 aliphatic rings. The van der Waals surface area contributed by atoms with E-state index in [1.165, 1.54) is 12.1 Å². The van der Waals surface area contributed by atoms with Crippen molar-refractivity contribution in [3.05, 3.63) is 85.2 Å². The van der Waals surface area contributed by atoms with Crippen LogP contribution in [0, 0.1) is 9.39 Å². The molecule has 0 unspecified atom stereocenters. The highest BCUT2D eigenvalue weighted by molar-refractivity contribution is 14.1. The first-order valence-corrected chi connectivity index (χ1v) is 10.7. The summed E-state index contributed by atoms with van der Waals surface area (Å²) in [5.41, 5.74) is 1.42. The van der Waals surface area contributed by atoms with E-state index in [1.54, 1.807) is 12.1 Å². The third-order valence-electron chi connectivity index (χ3n) is 4.25. The second-order valence-electron chi connectivity index (χ2n) is 6.21. The molecular formula is C21H12ClFINO3S. The summed E-state index contributed by atoms with van der Waals surface area (Å²) >= 11 is 9.07. The van der Waals surface area contributed by atoms with Gasteiger partial charge in [-0.05, 0) is 76.3 Å². The number of amides is 2. The number of hydrogen-bond donors (Lipinski definition) is 0. The Hall–Kier alpha value is -2.10. The van der Waals surface area contributed by atoms with Crippen LogP contribution < -0.4 is 0 Å². The molecule has 0 saturated carbocycles. The number of nitrogens with zero attached hydrogens (tertiary/aromatic N) is 1. The van der Waals surface area contributed by atoms with Crippen LogP contribution in [-0.4, -0.2) is 16.0 Å². The van der Waals surface area contributed by atoms with Crippen molar-refractivity contribution < 1.29 is 18.4 Å². The lowest BCUT2D eigenvalue weighted by Gasteiger charge is -2.13. The highest BCUT2D eigenvalue weighted by Gasteiger charge is 2.35. The normalized spacial score (nSPS) is 15.6. The molecule has 0 spiro atoms. The van der Waals surface area contributed by atoms with Crippen molar-refractivity contribution in [1.29, 1.82) is 0 Å². The predicted octanol–water partition coefficient (Wildman–Crippen LogP) is 6.58. The molecule has 146 valence electrons. The molecular weight excluding hydrogens is 528 g/mol. The second kappa shape index (κ2) is 8.33. The van der Waals surface area contributed by atoms with Crippen LogP contribution in [-0.2, 0) is 11.3 Å². The third-order valence-corrected chi connectivity index (χ3v) is 6.22. The number of thioether (sulfide) groups is 1. The van der Waals surface area contributed by atoms with E-state index in [9.17, 15) is 14.0 Å². The molecule has 0 bridgehead atoms. The van der Waals surface area contributed by atoms with Gasteiger partial charge in [0.2, 0.25) is 0 Å². The van der Waals surface area contributed by atoms with Gasteiger partial charge in [0.25, 0.3) is 11.1 Å². The summed E-state index contributed by atoms with van der Waals surface area (Å²) in [4.78, 5) is 26.3. The maximum absolute atomic E-state index is 13.2. The molecule has 4 nitrogen and oxygen atoms in total. The molecule has 0 atom stereocenters. The molecule has 2 amide bonds. The first kappa shape index (κ1) is 20.2. The first-order valence-electron chi connectivity index (χ1n) is 8.46. The van der Waals surface area contributed by atoms with Crippen molar-refractivity contribution in [2.75, 3.05) is 0 Å². The molecule has 4 rings (SSSR count). The zero-order valence-electron chi connectivity index (χ0n) is 14.7. The number of carbonyl (C=O) groups excluding carboxylic acids is 2. The SMILES string of the molecule is O=C1S/C(=C\c2ccc(-c3ccc(I)cc3)o2)C(=O)N1Cc1ccc(F)cc1Cl. The lowest BCUT2D eigenvalue weighted by atomic mass is 10.2. The highest BCUT2D eigenvalue weighted by Crippen LogP contribution is 2.35. The average Bonchev–Trinajstić information content (AvgIpc) is 3.25. The van der Waals surface area contributed by atoms with E-state index in [0.29, 0.717) is 17.1 Å². The topological polar surface area (TPSA) is 50.5 Å². The number of imide groups is 1. The first-order chi connectivity index (χ1) is 13.9. The Balaban J connectivity index is 1.54. The number of carbonyl (C=O) groups is 2. The summed E-state index contributed by atoms with van der Waals surface area (Å²) in [7, 11) is 0. The van der Waals surface area contributed by atoms with Gasteiger partial charge in [0.1, 0.15) is 17.3 Å². The van der Waals surface area contributed by atoms with Crippen molar-refractivity contribution in [3.8, 4) is 11.3 Å². The lowest BCUT2D eigenvalue weighted by Crippen LogP contribution is -2.27. The van der Waals surface area contributed by atoms with Crippen LogP contribution in [0.3, 0.4) is 0 Å². The summed E-state index contributed by atoms with van der Waals surface area (Å²) in [5.74, 6) is 0.232. The smallest absolute Gasteiger partial charge is 0.293 e. The summed E-state index contributed by atoms with van der Waals surface area (Å²) in [6.07, 6.45) is 1.55. The lowest BCUT2D eigenvalue weighted by molar-refractivity contribution is -0.123. The quantitative estimate of drug-likeness (QED) is 0.278. The molecule has 1 aliphatic heterocycles. The zero-order chi connectivity index (χ0) is 20.5. The van der Waals surface area contributed by atoms with Gasteiger partial charge in [-0.1, -0.05) is 29.8 Å². The summed E-state index contributed by atoms with van der Waals surface area (Å²) in [6, 6.07) is 15.3. The van der Waals surface area contributed by atoms with E-state index in [4.69, 9.17) is 16.0 Å². The van der Waals surface area contributed by atoms with Crippen molar-refractivity contribution in [3.63, 3.8) is 0 Å². The Labute approximate surface area is 188 Å². The van der Waals surface area contributed by atoms with Crippen molar-refractivity contribution in [2.24, 2.45) is 0 Å².